The topological polar surface area (TPSA) is 110 Å². The Kier molecular flexibility index (Phi) is 6.11. The van der Waals surface area contributed by atoms with Crippen LogP contribution in [0.4, 0.5) is 0 Å². The van der Waals surface area contributed by atoms with Crippen molar-refractivity contribution >= 4 is 17.2 Å². The molecule has 0 unspecified atom stereocenters. The van der Waals surface area contributed by atoms with Crippen LogP contribution in [0.5, 0.6) is 5.88 Å². The number of nitrogens with zero attached hydrogens (tertiary/aromatic N) is 4. The van der Waals surface area contributed by atoms with E-state index in [1.807, 2.05) is 23.4 Å². The van der Waals surface area contributed by atoms with Crippen LogP contribution in [-0.4, -0.2) is 56.4 Å². The molecule has 1 fully saturated rings. The van der Waals surface area contributed by atoms with Crippen molar-refractivity contribution < 1.29 is 14.3 Å². The zero-order valence-electron chi connectivity index (χ0n) is 17.4. The Balaban J connectivity index is 1.25. The number of hydrogen-bond donors (Lipinski definition) is 1. The summed E-state index contributed by atoms with van der Waals surface area (Å²) in [7, 11) is 1.50. The second-order valence-electron chi connectivity index (χ2n) is 7.74. The molecule has 3 aromatic heterocycles. The van der Waals surface area contributed by atoms with E-state index in [1.165, 1.54) is 7.11 Å². The number of piperidine rings is 1. The fraction of sp³-hybridized carbons (Fsp3) is 0.409. The Morgan fingerprint density at radius 3 is 2.71 bits per heavy atom. The number of ether oxygens (including phenoxy) is 1. The molecule has 4 rings (SSSR count). The maximum atomic E-state index is 12.6. The lowest BCUT2D eigenvalue weighted by Crippen LogP contribution is -2.40. The van der Waals surface area contributed by atoms with Gasteiger partial charge in [-0.05, 0) is 43.9 Å². The number of ketones is 1. The van der Waals surface area contributed by atoms with Gasteiger partial charge in [0.1, 0.15) is 11.2 Å². The summed E-state index contributed by atoms with van der Waals surface area (Å²) in [6.07, 6.45) is 6.66. The lowest BCUT2D eigenvalue weighted by molar-refractivity contribution is -0.132. The van der Waals surface area contributed by atoms with Crippen molar-refractivity contribution in [1.29, 1.82) is 0 Å². The van der Waals surface area contributed by atoms with Crippen molar-refractivity contribution in [2.75, 3.05) is 20.2 Å². The molecule has 0 aromatic carbocycles. The number of likely N-dealkylation sites (tertiary alicyclic amines) is 1. The lowest BCUT2D eigenvalue weighted by Gasteiger charge is -2.31. The third kappa shape index (κ3) is 4.65. The number of aromatic nitrogens is 4. The van der Waals surface area contributed by atoms with Gasteiger partial charge in [0, 0.05) is 49.6 Å². The second kappa shape index (κ2) is 9.11. The summed E-state index contributed by atoms with van der Waals surface area (Å²) >= 11 is 0. The molecule has 9 nitrogen and oxygen atoms in total. The number of carbonyl (C=O) groups is 2. The SMILES string of the molecule is COc1ccc(C(=O)C2CCN(C(=O)CCCc3cn4cccc4c(=O)[nH]3)CC2)nn1. The highest BCUT2D eigenvalue weighted by Crippen LogP contribution is 2.22. The van der Waals surface area contributed by atoms with Gasteiger partial charge in [-0.1, -0.05) is 0 Å². The standard InChI is InChI=1S/C22H25N5O4/c1-31-19-8-7-17(24-25-19)21(29)15-9-12-26(13-10-15)20(28)6-2-4-16-14-27-11-3-5-18(27)22(30)23-16/h3,5,7-8,11,14-15H,2,4,6,9-10,12-13H2,1H3,(H,23,30). The summed E-state index contributed by atoms with van der Waals surface area (Å²) in [5.74, 6) is 0.269. The first kappa shape index (κ1) is 20.8. The van der Waals surface area contributed by atoms with Crippen LogP contribution in [0.2, 0.25) is 0 Å². The molecule has 1 saturated heterocycles. The van der Waals surface area contributed by atoms with E-state index in [1.54, 1.807) is 22.6 Å². The zero-order chi connectivity index (χ0) is 21.8. The number of methoxy groups -OCH3 is 1. The van der Waals surface area contributed by atoms with Gasteiger partial charge in [-0.15, -0.1) is 10.2 Å². The molecule has 0 bridgehead atoms. The van der Waals surface area contributed by atoms with Crippen LogP contribution < -0.4 is 10.3 Å². The van der Waals surface area contributed by atoms with Crippen LogP contribution in [0.25, 0.3) is 5.52 Å². The molecule has 0 spiro atoms. The minimum Gasteiger partial charge on any atom is -0.480 e. The van der Waals surface area contributed by atoms with E-state index < -0.39 is 0 Å². The molecule has 1 amide bonds. The van der Waals surface area contributed by atoms with Crippen LogP contribution in [-0.2, 0) is 11.2 Å². The summed E-state index contributed by atoms with van der Waals surface area (Å²) in [6.45, 7) is 1.12. The maximum Gasteiger partial charge on any atom is 0.272 e. The molecule has 162 valence electrons. The third-order valence-electron chi connectivity index (χ3n) is 5.74. The maximum absolute atomic E-state index is 12.6. The highest BCUT2D eigenvalue weighted by Gasteiger charge is 2.28. The number of amides is 1. The number of hydrogen-bond acceptors (Lipinski definition) is 6. The molecule has 1 N–H and O–H groups in total. The van der Waals surface area contributed by atoms with Crippen LogP contribution >= 0.6 is 0 Å². The van der Waals surface area contributed by atoms with Crippen molar-refractivity contribution in [3.8, 4) is 5.88 Å². The summed E-state index contributed by atoms with van der Waals surface area (Å²) in [6, 6.07) is 6.84. The Morgan fingerprint density at radius 1 is 1.19 bits per heavy atom. The Morgan fingerprint density at radius 2 is 2.00 bits per heavy atom. The minimum atomic E-state index is -0.148. The van der Waals surface area contributed by atoms with Gasteiger partial charge in [0.25, 0.3) is 5.56 Å². The normalized spacial score (nSPS) is 14.7. The number of fused-ring (bicyclic) bond motifs is 1. The Hall–Kier alpha value is -3.49. The molecule has 1 aliphatic heterocycles. The number of nitrogens with one attached hydrogen (secondary N) is 1. The van der Waals surface area contributed by atoms with E-state index in [2.05, 4.69) is 15.2 Å². The van der Waals surface area contributed by atoms with Crippen molar-refractivity contribution in [3.05, 3.63) is 58.4 Å². The van der Waals surface area contributed by atoms with Crippen LogP contribution in [0.1, 0.15) is 41.9 Å². The smallest absolute Gasteiger partial charge is 0.272 e. The minimum absolute atomic E-state index is 0.0355. The number of H-pyrrole nitrogens is 1. The third-order valence-corrected chi connectivity index (χ3v) is 5.74. The first-order valence-corrected chi connectivity index (χ1v) is 10.4. The molecule has 1 aliphatic rings. The molecule has 0 saturated carbocycles. The van der Waals surface area contributed by atoms with Crippen LogP contribution in [0, 0.1) is 5.92 Å². The van der Waals surface area contributed by atoms with Crippen LogP contribution in [0.15, 0.2) is 41.5 Å². The molecule has 0 radical (unpaired) electrons. The van der Waals surface area contributed by atoms with E-state index in [9.17, 15) is 14.4 Å². The molecular formula is C22H25N5O4. The number of carbonyl (C=O) groups excluding carboxylic acids is 2. The van der Waals surface area contributed by atoms with E-state index in [0.29, 0.717) is 62.3 Å². The number of aryl methyl sites for hydroxylation is 1. The summed E-state index contributed by atoms with van der Waals surface area (Å²) in [5.41, 5.74) is 1.63. The first-order chi connectivity index (χ1) is 15.0. The molecule has 31 heavy (non-hydrogen) atoms. The zero-order valence-corrected chi connectivity index (χ0v) is 17.4. The van der Waals surface area contributed by atoms with Crippen LogP contribution in [0.3, 0.4) is 0 Å². The molecule has 9 heteroatoms. The fourth-order valence-corrected chi connectivity index (χ4v) is 3.98. The van der Waals surface area contributed by atoms with Crippen molar-refractivity contribution in [2.45, 2.75) is 32.1 Å². The average molecular weight is 423 g/mol. The lowest BCUT2D eigenvalue weighted by atomic mass is 9.90. The van der Waals surface area contributed by atoms with Gasteiger partial charge in [0.2, 0.25) is 11.8 Å². The molecular weight excluding hydrogens is 398 g/mol. The molecule has 0 aliphatic carbocycles. The van der Waals surface area contributed by atoms with Gasteiger partial charge in [0.05, 0.1) is 7.11 Å². The summed E-state index contributed by atoms with van der Waals surface area (Å²) < 4.78 is 6.77. The highest BCUT2D eigenvalue weighted by atomic mass is 16.5. The van der Waals surface area contributed by atoms with Gasteiger partial charge in [-0.2, -0.15) is 0 Å². The number of aromatic amines is 1. The quantitative estimate of drug-likeness (QED) is 0.581. The van der Waals surface area contributed by atoms with Crippen molar-refractivity contribution in [2.24, 2.45) is 5.92 Å². The molecule has 4 heterocycles. The van der Waals surface area contributed by atoms with E-state index in [4.69, 9.17) is 4.74 Å². The predicted octanol–water partition coefficient (Wildman–Crippen LogP) is 1.87. The van der Waals surface area contributed by atoms with E-state index >= 15 is 0 Å². The average Bonchev–Trinajstić information content (AvgIpc) is 3.28. The monoisotopic (exact) mass is 423 g/mol. The van der Waals surface area contributed by atoms with Gasteiger partial charge in [-0.3, -0.25) is 14.4 Å². The molecule has 3 aromatic rings. The Bertz CT molecular complexity index is 1130. The molecule has 0 atom stereocenters. The summed E-state index contributed by atoms with van der Waals surface area (Å²) in [5, 5.41) is 7.79. The van der Waals surface area contributed by atoms with Gasteiger partial charge >= 0.3 is 0 Å². The Labute approximate surface area is 179 Å². The second-order valence-corrected chi connectivity index (χ2v) is 7.74. The van der Waals surface area contributed by atoms with Gasteiger partial charge in [0.15, 0.2) is 5.78 Å². The fourth-order valence-electron chi connectivity index (χ4n) is 3.98. The van der Waals surface area contributed by atoms with E-state index in [-0.39, 0.29) is 23.2 Å². The summed E-state index contributed by atoms with van der Waals surface area (Å²) in [4.78, 5) is 41.9. The predicted molar refractivity (Wildman–Crippen MR) is 113 cm³/mol. The first-order valence-electron chi connectivity index (χ1n) is 10.4. The van der Waals surface area contributed by atoms with Crippen molar-refractivity contribution in [1.82, 2.24) is 24.5 Å². The number of rotatable bonds is 7. The largest absolute Gasteiger partial charge is 0.480 e. The number of Topliss-reactive ketones (excluding diaryl/α,β-unsaturated/α-hetero) is 1. The van der Waals surface area contributed by atoms with Gasteiger partial charge < -0.3 is 19.0 Å². The highest BCUT2D eigenvalue weighted by molar-refractivity contribution is 5.96. The van der Waals surface area contributed by atoms with Gasteiger partial charge in [-0.25, -0.2) is 0 Å². The van der Waals surface area contributed by atoms with Crippen molar-refractivity contribution in [3.63, 3.8) is 0 Å². The van der Waals surface area contributed by atoms with E-state index in [0.717, 1.165) is 5.69 Å².